The van der Waals surface area contributed by atoms with Crippen molar-refractivity contribution in [3.63, 3.8) is 0 Å². The van der Waals surface area contributed by atoms with E-state index in [-0.39, 0.29) is 13.1 Å². The van der Waals surface area contributed by atoms with Gasteiger partial charge < -0.3 is 14.7 Å². The molecule has 2 rings (SSSR count). The van der Waals surface area contributed by atoms with Crippen molar-refractivity contribution in [3.05, 3.63) is 35.9 Å². The number of carbonyl (C=O) groups is 1. The van der Waals surface area contributed by atoms with E-state index in [1.807, 2.05) is 18.2 Å². The molecule has 6 nitrogen and oxygen atoms in total. The topological polar surface area (TPSA) is 97.3 Å². The Hall–Kier alpha value is -2.57. The molecule has 1 aliphatic rings. The molecule has 0 saturated carbocycles. The number of ether oxygens (including phenoxy) is 1. The number of amides is 1. The van der Waals surface area contributed by atoms with Crippen molar-refractivity contribution in [1.29, 1.82) is 10.5 Å². The van der Waals surface area contributed by atoms with Gasteiger partial charge in [0.25, 0.3) is 0 Å². The lowest BCUT2D eigenvalue weighted by molar-refractivity contribution is -0.0256. The molecule has 1 N–H and O–H groups in total. The minimum Gasteiger partial charge on any atom is -0.444 e. The first-order valence-electron chi connectivity index (χ1n) is 7.77. The molecular formula is C18H21N3O3. The third-order valence-electron chi connectivity index (χ3n) is 4.10. The molecule has 1 fully saturated rings. The highest BCUT2D eigenvalue weighted by Crippen LogP contribution is 2.42. The minimum absolute atomic E-state index is 0.112. The van der Waals surface area contributed by atoms with Gasteiger partial charge in [-0.05, 0) is 26.3 Å². The predicted molar refractivity (Wildman–Crippen MR) is 86.7 cm³/mol. The van der Waals surface area contributed by atoms with Crippen molar-refractivity contribution in [2.24, 2.45) is 5.41 Å². The van der Waals surface area contributed by atoms with Crippen LogP contribution >= 0.6 is 0 Å². The number of rotatable bonds is 1. The minimum atomic E-state index is -1.60. The second kappa shape index (κ2) is 6.51. The van der Waals surface area contributed by atoms with Gasteiger partial charge in [-0.1, -0.05) is 30.3 Å². The van der Waals surface area contributed by atoms with Crippen LogP contribution in [0.5, 0.6) is 0 Å². The molecule has 1 saturated heterocycles. The summed E-state index contributed by atoms with van der Waals surface area (Å²) in [4.78, 5) is 13.7. The van der Waals surface area contributed by atoms with E-state index >= 15 is 0 Å². The number of nitriles is 2. The monoisotopic (exact) mass is 327 g/mol. The number of aliphatic hydroxyl groups excluding tert-OH is 1. The molecular weight excluding hydrogens is 306 g/mol. The summed E-state index contributed by atoms with van der Waals surface area (Å²) < 4.78 is 5.36. The molecule has 0 spiro atoms. The molecule has 1 aromatic carbocycles. The summed E-state index contributed by atoms with van der Waals surface area (Å²) >= 11 is 0. The van der Waals surface area contributed by atoms with Crippen LogP contribution in [0.2, 0.25) is 0 Å². The Balaban J connectivity index is 2.38. The average Bonchev–Trinajstić information content (AvgIpc) is 2.53. The Morgan fingerprint density at radius 1 is 1.25 bits per heavy atom. The van der Waals surface area contributed by atoms with Gasteiger partial charge in [0.05, 0.1) is 18.7 Å². The Morgan fingerprint density at radius 3 is 2.33 bits per heavy atom. The molecule has 6 heteroatoms. The van der Waals surface area contributed by atoms with Gasteiger partial charge in [0.2, 0.25) is 0 Å². The summed E-state index contributed by atoms with van der Waals surface area (Å²) in [6, 6.07) is 13.0. The molecule has 1 amide bonds. The zero-order valence-corrected chi connectivity index (χ0v) is 14.1. The average molecular weight is 327 g/mol. The van der Waals surface area contributed by atoms with Crippen molar-refractivity contribution < 1.29 is 14.6 Å². The Kier molecular flexibility index (Phi) is 4.82. The largest absolute Gasteiger partial charge is 0.444 e. The molecule has 1 heterocycles. The standard InChI is InChI=1S/C18H21N3O3/c1-17(2,3)24-16(23)21-9-14(13-7-5-4-6-8-13)18(11-19,12-20)15(22)10-21/h4-8,14-15,22H,9-10H2,1-3H3. The maximum Gasteiger partial charge on any atom is 0.410 e. The zero-order chi connectivity index (χ0) is 18.0. The fourth-order valence-corrected chi connectivity index (χ4v) is 2.88. The molecule has 2 atom stereocenters. The quantitative estimate of drug-likeness (QED) is 0.854. The van der Waals surface area contributed by atoms with Crippen molar-refractivity contribution in [2.75, 3.05) is 13.1 Å². The first kappa shape index (κ1) is 17.8. The number of aliphatic hydroxyl groups is 1. The highest BCUT2D eigenvalue weighted by molar-refractivity contribution is 5.69. The Labute approximate surface area is 141 Å². The molecule has 2 unspecified atom stereocenters. The summed E-state index contributed by atoms with van der Waals surface area (Å²) in [6.45, 7) is 5.30. The molecule has 0 aromatic heterocycles. The fraction of sp³-hybridized carbons (Fsp3) is 0.500. The van der Waals surface area contributed by atoms with Crippen molar-refractivity contribution in [3.8, 4) is 12.1 Å². The predicted octanol–water partition coefficient (Wildman–Crippen LogP) is 2.42. The summed E-state index contributed by atoms with van der Waals surface area (Å²) in [5.41, 5.74) is -1.53. The van der Waals surface area contributed by atoms with Gasteiger partial charge in [0.1, 0.15) is 11.7 Å². The zero-order valence-electron chi connectivity index (χ0n) is 14.1. The van der Waals surface area contributed by atoms with Gasteiger partial charge in [-0.15, -0.1) is 0 Å². The van der Waals surface area contributed by atoms with E-state index in [4.69, 9.17) is 4.74 Å². The van der Waals surface area contributed by atoms with Crippen LogP contribution < -0.4 is 0 Å². The highest BCUT2D eigenvalue weighted by Gasteiger charge is 2.52. The van der Waals surface area contributed by atoms with Crippen molar-refractivity contribution >= 4 is 6.09 Å². The number of hydrogen-bond donors (Lipinski definition) is 1. The third-order valence-corrected chi connectivity index (χ3v) is 4.10. The fourth-order valence-electron chi connectivity index (χ4n) is 2.88. The van der Waals surface area contributed by atoms with Gasteiger partial charge in [0.15, 0.2) is 5.41 Å². The number of nitrogens with zero attached hydrogens (tertiary/aromatic N) is 3. The first-order valence-corrected chi connectivity index (χ1v) is 7.77. The van der Waals surface area contributed by atoms with Crippen LogP contribution in [0.15, 0.2) is 30.3 Å². The van der Waals surface area contributed by atoms with Crippen molar-refractivity contribution in [1.82, 2.24) is 4.90 Å². The van der Waals surface area contributed by atoms with Gasteiger partial charge in [-0.3, -0.25) is 0 Å². The number of benzene rings is 1. The second-order valence-electron chi connectivity index (χ2n) is 6.96. The molecule has 0 radical (unpaired) electrons. The van der Waals surface area contributed by atoms with Crippen LogP contribution in [-0.4, -0.2) is 40.9 Å². The SMILES string of the molecule is CC(C)(C)OC(=O)N1CC(O)C(C#N)(C#N)C(c2ccccc2)C1. The maximum absolute atomic E-state index is 12.4. The van der Waals surface area contributed by atoms with Gasteiger partial charge in [0, 0.05) is 12.5 Å². The van der Waals surface area contributed by atoms with Crippen LogP contribution in [0.3, 0.4) is 0 Å². The molecule has 1 aromatic rings. The molecule has 126 valence electrons. The van der Waals surface area contributed by atoms with E-state index in [1.54, 1.807) is 45.0 Å². The lowest BCUT2D eigenvalue weighted by Gasteiger charge is -2.43. The molecule has 1 aliphatic heterocycles. The number of likely N-dealkylation sites (tertiary alicyclic amines) is 1. The van der Waals surface area contributed by atoms with Crippen LogP contribution in [0.1, 0.15) is 32.3 Å². The molecule has 24 heavy (non-hydrogen) atoms. The lowest BCUT2D eigenvalue weighted by atomic mass is 9.67. The van der Waals surface area contributed by atoms with E-state index in [1.165, 1.54) is 4.90 Å². The number of piperidine rings is 1. The highest BCUT2D eigenvalue weighted by atomic mass is 16.6. The van der Waals surface area contributed by atoms with E-state index in [2.05, 4.69) is 0 Å². The lowest BCUT2D eigenvalue weighted by Crippen LogP contribution is -2.56. The molecule has 0 bridgehead atoms. The van der Waals surface area contributed by atoms with Crippen molar-refractivity contribution in [2.45, 2.75) is 38.4 Å². The van der Waals surface area contributed by atoms with Gasteiger partial charge in [-0.2, -0.15) is 10.5 Å². The number of hydrogen-bond acceptors (Lipinski definition) is 5. The molecule has 0 aliphatic carbocycles. The number of carbonyl (C=O) groups excluding carboxylic acids is 1. The summed E-state index contributed by atoms with van der Waals surface area (Å²) in [7, 11) is 0. The number of β-amino-alcohol motifs (C(OH)–C–C–N with tert-alkyl or cyclic N) is 1. The van der Waals surface area contributed by atoms with E-state index in [9.17, 15) is 20.4 Å². The normalized spacial score (nSPS) is 23.0. The van der Waals surface area contributed by atoms with E-state index < -0.39 is 29.1 Å². The van der Waals surface area contributed by atoms with Crippen LogP contribution in [0.25, 0.3) is 0 Å². The smallest absolute Gasteiger partial charge is 0.410 e. The van der Waals surface area contributed by atoms with E-state index in [0.29, 0.717) is 0 Å². The summed E-state index contributed by atoms with van der Waals surface area (Å²) in [5.74, 6) is -0.620. The van der Waals surface area contributed by atoms with Crippen LogP contribution in [0, 0.1) is 28.1 Å². The summed E-state index contributed by atoms with van der Waals surface area (Å²) in [5, 5.41) is 29.6. The van der Waals surface area contributed by atoms with Gasteiger partial charge >= 0.3 is 6.09 Å². The maximum atomic E-state index is 12.4. The van der Waals surface area contributed by atoms with Crippen LogP contribution in [0.4, 0.5) is 4.79 Å². The van der Waals surface area contributed by atoms with Gasteiger partial charge in [-0.25, -0.2) is 4.79 Å². The van der Waals surface area contributed by atoms with E-state index in [0.717, 1.165) is 5.56 Å². The Bertz CT molecular complexity index is 668. The Morgan fingerprint density at radius 2 is 1.83 bits per heavy atom. The van der Waals surface area contributed by atoms with Crippen LogP contribution in [-0.2, 0) is 4.74 Å². The first-order chi connectivity index (χ1) is 11.2. The second-order valence-corrected chi connectivity index (χ2v) is 6.96. The summed E-state index contributed by atoms with van der Waals surface area (Å²) in [6.07, 6.45) is -1.84. The third kappa shape index (κ3) is 3.34.